The second-order valence-corrected chi connectivity index (χ2v) is 5.38. The van der Waals surface area contributed by atoms with E-state index in [0.29, 0.717) is 17.3 Å². The predicted molar refractivity (Wildman–Crippen MR) is 84.3 cm³/mol. The number of carbonyl (C=O) groups is 1. The Balaban J connectivity index is 1.83. The van der Waals surface area contributed by atoms with Crippen LogP contribution in [0.5, 0.6) is 5.75 Å². The predicted octanol–water partition coefficient (Wildman–Crippen LogP) is 4.16. The molecule has 0 bridgehead atoms. The second kappa shape index (κ2) is 5.66. The number of anilines is 2. The highest BCUT2D eigenvalue weighted by Crippen LogP contribution is 2.33. The number of carbonyl (C=O) groups excluding carboxylic acids is 1. The molecule has 2 amide bonds. The number of benzene rings is 2. The lowest BCUT2D eigenvalue weighted by atomic mass is 10.2. The molecule has 108 valence electrons. The Bertz CT molecular complexity index is 658. The van der Waals surface area contributed by atoms with Gasteiger partial charge >= 0.3 is 6.03 Å². The molecule has 0 radical (unpaired) electrons. The molecule has 0 saturated heterocycles. The summed E-state index contributed by atoms with van der Waals surface area (Å²) in [6, 6.07) is 14.4. The van der Waals surface area contributed by atoms with Crippen LogP contribution in [0.1, 0.15) is 6.92 Å². The van der Waals surface area contributed by atoms with E-state index in [9.17, 15) is 4.79 Å². The Hall–Kier alpha value is -2.20. The molecule has 1 aliphatic rings. The average molecular weight is 303 g/mol. The molecule has 0 fully saturated rings. The number of halogens is 1. The highest BCUT2D eigenvalue weighted by molar-refractivity contribution is 6.30. The number of rotatable bonds is 1. The second-order valence-electron chi connectivity index (χ2n) is 4.94. The molecule has 1 aliphatic heterocycles. The maximum absolute atomic E-state index is 12.5. The standard InChI is InChI=1S/C16H15ClN2O2/c1-11-10-19(14-4-2-3-5-15(14)21-11)16(20)18-13-8-6-12(17)7-9-13/h2-9,11H,10H2,1H3,(H,18,20). The van der Waals surface area contributed by atoms with Gasteiger partial charge in [0.1, 0.15) is 11.9 Å². The average Bonchev–Trinajstić information content (AvgIpc) is 2.48. The zero-order valence-electron chi connectivity index (χ0n) is 11.5. The third-order valence-electron chi connectivity index (χ3n) is 3.26. The van der Waals surface area contributed by atoms with Crippen molar-refractivity contribution >= 4 is 29.0 Å². The van der Waals surface area contributed by atoms with Gasteiger partial charge in [0.25, 0.3) is 0 Å². The number of nitrogens with zero attached hydrogens (tertiary/aromatic N) is 1. The quantitative estimate of drug-likeness (QED) is 0.859. The summed E-state index contributed by atoms with van der Waals surface area (Å²) in [6.45, 7) is 2.45. The van der Waals surface area contributed by atoms with Gasteiger partial charge in [0.15, 0.2) is 0 Å². The summed E-state index contributed by atoms with van der Waals surface area (Å²) >= 11 is 5.84. The van der Waals surface area contributed by atoms with Crippen molar-refractivity contribution < 1.29 is 9.53 Å². The van der Waals surface area contributed by atoms with E-state index in [1.807, 2.05) is 31.2 Å². The molecule has 3 rings (SSSR count). The van der Waals surface area contributed by atoms with Gasteiger partial charge in [0, 0.05) is 10.7 Å². The van der Waals surface area contributed by atoms with Gasteiger partial charge in [-0.15, -0.1) is 0 Å². The first-order chi connectivity index (χ1) is 10.1. The zero-order valence-corrected chi connectivity index (χ0v) is 12.3. The summed E-state index contributed by atoms with van der Waals surface area (Å²) in [5.74, 6) is 0.725. The normalized spacial score (nSPS) is 16.9. The molecular weight excluding hydrogens is 288 g/mol. The van der Waals surface area contributed by atoms with Crippen LogP contribution in [0.4, 0.5) is 16.2 Å². The van der Waals surface area contributed by atoms with Gasteiger partial charge in [-0.3, -0.25) is 4.90 Å². The van der Waals surface area contributed by atoms with E-state index in [1.165, 1.54) is 0 Å². The van der Waals surface area contributed by atoms with Crippen LogP contribution in [0.2, 0.25) is 5.02 Å². The van der Waals surface area contributed by atoms with Crippen molar-refractivity contribution in [2.24, 2.45) is 0 Å². The van der Waals surface area contributed by atoms with Crippen LogP contribution in [-0.4, -0.2) is 18.7 Å². The SMILES string of the molecule is CC1CN(C(=O)Nc2ccc(Cl)cc2)c2ccccc2O1. The number of ether oxygens (including phenoxy) is 1. The molecule has 0 spiro atoms. The highest BCUT2D eigenvalue weighted by atomic mass is 35.5. The number of para-hydroxylation sites is 2. The van der Waals surface area contributed by atoms with Crippen molar-refractivity contribution in [3.63, 3.8) is 0 Å². The minimum absolute atomic E-state index is 0.0455. The van der Waals surface area contributed by atoms with Crippen LogP contribution in [-0.2, 0) is 0 Å². The molecule has 1 atom stereocenters. The summed E-state index contributed by atoms with van der Waals surface area (Å²) in [5, 5.41) is 3.51. The zero-order chi connectivity index (χ0) is 14.8. The van der Waals surface area contributed by atoms with Gasteiger partial charge in [-0.2, -0.15) is 0 Å². The largest absolute Gasteiger partial charge is 0.487 e. The maximum atomic E-state index is 12.5. The van der Waals surface area contributed by atoms with Crippen LogP contribution in [0.3, 0.4) is 0 Å². The summed E-state index contributed by atoms with van der Waals surface area (Å²) < 4.78 is 5.74. The lowest BCUT2D eigenvalue weighted by Crippen LogP contribution is -2.44. The van der Waals surface area contributed by atoms with Gasteiger partial charge in [0.05, 0.1) is 12.2 Å². The molecule has 0 saturated carbocycles. The fourth-order valence-electron chi connectivity index (χ4n) is 2.31. The summed E-state index contributed by atoms with van der Waals surface area (Å²) in [6.07, 6.45) is -0.0455. The van der Waals surface area contributed by atoms with Gasteiger partial charge < -0.3 is 10.1 Å². The first kappa shape index (κ1) is 13.8. The molecule has 1 N–H and O–H groups in total. The number of urea groups is 1. The van der Waals surface area contributed by atoms with Crippen molar-refractivity contribution in [2.45, 2.75) is 13.0 Å². The van der Waals surface area contributed by atoms with Crippen molar-refractivity contribution in [3.05, 3.63) is 53.6 Å². The summed E-state index contributed by atoms with van der Waals surface area (Å²) in [4.78, 5) is 14.2. The third-order valence-corrected chi connectivity index (χ3v) is 3.52. The van der Waals surface area contributed by atoms with Gasteiger partial charge in [-0.05, 0) is 43.3 Å². The van der Waals surface area contributed by atoms with E-state index in [1.54, 1.807) is 29.2 Å². The summed E-state index contributed by atoms with van der Waals surface area (Å²) in [5.41, 5.74) is 1.49. The number of hydrogen-bond donors (Lipinski definition) is 1. The molecular formula is C16H15ClN2O2. The number of hydrogen-bond acceptors (Lipinski definition) is 2. The van der Waals surface area contributed by atoms with E-state index in [0.717, 1.165) is 11.4 Å². The van der Waals surface area contributed by atoms with Crippen LogP contribution in [0, 0.1) is 0 Å². The first-order valence-electron chi connectivity index (χ1n) is 6.73. The van der Waals surface area contributed by atoms with E-state index >= 15 is 0 Å². The minimum atomic E-state index is -0.181. The van der Waals surface area contributed by atoms with E-state index in [2.05, 4.69) is 5.32 Å². The first-order valence-corrected chi connectivity index (χ1v) is 7.11. The molecule has 5 heteroatoms. The molecule has 2 aromatic rings. The van der Waals surface area contributed by atoms with E-state index in [4.69, 9.17) is 16.3 Å². The monoisotopic (exact) mass is 302 g/mol. The molecule has 0 aliphatic carbocycles. The fraction of sp³-hybridized carbons (Fsp3) is 0.188. The minimum Gasteiger partial charge on any atom is -0.487 e. The van der Waals surface area contributed by atoms with Crippen LogP contribution >= 0.6 is 11.6 Å². The van der Waals surface area contributed by atoms with Crippen molar-refractivity contribution in [1.29, 1.82) is 0 Å². The lowest BCUT2D eigenvalue weighted by Gasteiger charge is -2.33. The Labute approximate surface area is 128 Å². The highest BCUT2D eigenvalue weighted by Gasteiger charge is 2.27. The van der Waals surface area contributed by atoms with Gasteiger partial charge in [0.2, 0.25) is 0 Å². The maximum Gasteiger partial charge on any atom is 0.326 e. The molecule has 0 aromatic heterocycles. The van der Waals surface area contributed by atoms with E-state index < -0.39 is 0 Å². The van der Waals surface area contributed by atoms with Crippen LogP contribution in [0.25, 0.3) is 0 Å². The molecule has 1 heterocycles. The lowest BCUT2D eigenvalue weighted by molar-refractivity contribution is 0.208. The van der Waals surface area contributed by atoms with Gasteiger partial charge in [-0.1, -0.05) is 23.7 Å². The number of fused-ring (bicyclic) bond motifs is 1. The van der Waals surface area contributed by atoms with Crippen molar-refractivity contribution in [1.82, 2.24) is 0 Å². The topological polar surface area (TPSA) is 41.6 Å². The summed E-state index contributed by atoms with van der Waals surface area (Å²) in [7, 11) is 0. The fourth-order valence-corrected chi connectivity index (χ4v) is 2.43. The number of amides is 2. The Morgan fingerprint density at radius 1 is 1.24 bits per heavy atom. The molecule has 2 aromatic carbocycles. The van der Waals surface area contributed by atoms with Crippen molar-refractivity contribution in [2.75, 3.05) is 16.8 Å². The smallest absolute Gasteiger partial charge is 0.326 e. The van der Waals surface area contributed by atoms with Crippen LogP contribution in [0.15, 0.2) is 48.5 Å². The molecule has 4 nitrogen and oxygen atoms in total. The Morgan fingerprint density at radius 3 is 2.71 bits per heavy atom. The third kappa shape index (κ3) is 2.95. The number of nitrogens with one attached hydrogen (secondary N) is 1. The Morgan fingerprint density at radius 2 is 1.95 bits per heavy atom. The van der Waals surface area contributed by atoms with Crippen LogP contribution < -0.4 is 15.0 Å². The van der Waals surface area contributed by atoms with E-state index in [-0.39, 0.29) is 12.1 Å². The molecule has 1 unspecified atom stereocenters. The Kier molecular flexibility index (Phi) is 3.71. The van der Waals surface area contributed by atoms with Crippen molar-refractivity contribution in [3.8, 4) is 5.75 Å². The van der Waals surface area contributed by atoms with Gasteiger partial charge in [-0.25, -0.2) is 4.79 Å². The molecule has 21 heavy (non-hydrogen) atoms.